The van der Waals surface area contributed by atoms with Crippen molar-refractivity contribution in [1.82, 2.24) is 9.88 Å². The van der Waals surface area contributed by atoms with E-state index in [1.165, 1.54) is 11.3 Å². The third-order valence-electron chi connectivity index (χ3n) is 2.57. The number of hydrogen-bond donors (Lipinski definition) is 1. The van der Waals surface area contributed by atoms with Gasteiger partial charge in [-0.1, -0.05) is 0 Å². The van der Waals surface area contributed by atoms with Crippen LogP contribution in [0.25, 0.3) is 0 Å². The number of aryl methyl sites for hydroxylation is 1. The molecule has 1 unspecified atom stereocenters. The van der Waals surface area contributed by atoms with Gasteiger partial charge in [0, 0.05) is 13.1 Å². The molecule has 2 heterocycles. The highest BCUT2D eigenvalue weighted by molar-refractivity contribution is 7.11. The minimum atomic E-state index is -0.258. The molecule has 0 radical (unpaired) electrons. The van der Waals surface area contributed by atoms with Crippen LogP contribution in [0.5, 0.6) is 0 Å². The molecule has 6 heteroatoms. The summed E-state index contributed by atoms with van der Waals surface area (Å²) in [5, 5.41) is 9.00. The highest BCUT2D eigenvalue weighted by Crippen LogP contribution is 2.17. The predicted octanol–water partition coefficient (Wildman–Crippen LogP) is 0.285. The maximum atomic E-state index is 12.1. The van der Waals surface area contributed by atoms with Gasteiger partial charge in [0.1, 0.15) is 4.88 Å². The van der Waals surface area contributed by atoms with Crippen LogP contribution < -0.4 is 0 Å². The van der Waals surface area contributed by atoms with Crippen LogP contribution in [0.4, 0.5) is 0 Å². The number of amides is 1. The van der Waals surface area contributed by atoms with E-state index < -0.39 is 0 Å². The standard InChI is InChI=1S/C10H14N2O3S/c1-7-9(16-6-11-7)10(14)12-2-3-15-8(4-12)5-13/h6,8,13H,2-5H2,1H3. The number of hydrogen-bond acceptors (Lipinski definition) is 5. The number of thiazole rings is 1. The summed E-state index contributed by atoms with van der Waals surface area (Å²) in [6, 6.07) is 0. The van der Waals surface area contributed by atoms with Gasteiger partial charge in [0.25, 0.3) is 5.91 Å². The van der Waals surface area contributed by atoms with E-state index in [1.54, 1.807) is 10.4 Å². The average Bonchev–Trinajstić information content (AvgIpc) is 2.74. The van der Waals surface area contributed by atoms with Gasteiger partial charge in [-0.15, -0.1) is 11.3 Å². The molecule has 1 fully saturated rings. The van der Waals surface area contributed by atoms with Gasteiger partial charge in [-0.2, -0.15) is 0 Å². The fourth-order valence-corrected chi connectivity index (χ4v) is 2.43. The largest absolute Gasteiger partial charge is 0.394 e. The smallest absolute Gasteiger partial charge is 0.266 e. The lowest BCUT2D eigenvalue weighted by Crippen LogP contribution is -2.46. The van der Waals surface area contributed by atoms with E-state index in [9.17, 15) is 4.79 Å². The van der Waals surface area contributed by atoms with Crippen molar-refractivity contribution in [2.75, 3.05) is 26.3 Å². The molecule has 1 aromatic heterocycles. The molecule has 5 nitrogen and oxygen atoms in total. The van der Waals surface area contributed by atoms with Gasteiger partial charge in [-0.3, -0.25) is 4.79 Å². The monoisotopic (exact) mass is 242 g/mol. The summed E-state index contributed by atoms with van der Waals surface area (Å²) in [4.78, 5) is 18.6. The Morgan fingerprint density at radius 1 is 1.81 bits per heavy atom. The Labute approximate surface area is 97.7 Å². The third-order valence-corrected chi connectivity index (χ3v) is 3.49. The van der Waals surface area contributed by atoms with Crippen LogP contribution in [0.3, 0.4) is 0 Å². The number of rotatable bonds is 2. The number of aliphatic hydroxyl groups is 1. The Morgan fingerprint density at radius 2 is 2.62 bits per heavy atom. The fraction of sp³-hybridized carbons (Fsp3) is 0.600. The minimum Gasteiger partial charge on any atom is -0.394 e. The number of ether oxygens (including phenoxy) is 1. The quantitative estimate of drug-likeness (QED) is 0.809. The summed E-state index contributed by atoms with van der Waals surface area (Å²) in [5.74, 6) is -0.0123. The van der Waals surface area contributed by atoms with Crippen molar-refractivity contribution in [2.24, 2.45) is 0 Å². The molecule has 1 aromatic rings. The molecule has 0 saturated carbocycles. The second-order valence-corrected chi connectivity index (χ2v) is 4.55. The van der Waals surface area contributed by atoms with Gasteiger partial charge in [-0.25, -0.2) is 4.98 Å². The Bertz CT molecular complexity index is 380. The fourth-order valence-electron chi connectivity index (χ4n) is 1.67. The highest BCUT2D eigenvalue weighted by atomic mass is 32.1. The molecule has 2 rings (SSSR count). The maximum absolute atomic E-state index is 12.1. The number of morpholine rings is 1. The lowest BCUT2D eigenvalue weighted by molar-refractivity contribution is -0.0446. The lowest BCUT2D eigenvalue weighted by atomic mass is 10.2. The maximum Gasteiger partial charge on any atom is 0.266 e. The van der Waals surface area contributed by atoms with Gasteiger partial charge in [0.05, 0.1) is 30.5 Å². The molecular weight excluding hydrogens is 228 g/mol. The first-order valence-corrected chi connectivity index (χ1v) is 6.02. The normalized spacial score (nSPS) is 21.1. The van der Waals surface area contributed by atoms with E-state index in [0.29, 0.717) is 24.6 Å². The molecule has 0 spiro atoms. The van der Waals surface area contributed by atoms with E-state index in [4.69, 9.17) is 9.84 Å². The molecule has 1 amide bonds. The van der Waals surface area contributed by atoms with Crippen molar-refractivity contribution < 1.29 is 14.6 Å². The van der Waals surface area contributed by atoms with Gasteiger partial charge >= 0.3 is 0 Å². The van der Waals surface area contributed by atoms with Crippen molar-refractivity contribution in [3.8, 4) is 0 Å². The average molecular weight is 242 g/mol. The Hall–Kier alpha value is -0.980. The molecule has 1 N–H and O–H groups in total. The molecule has 1 aliphatic rings. The molecule has 88 valence electrons. The van der Waals surface area contributed by atoms with Crippen LogP contribution in [-0.2, 0) is 4.74 Å². The van der Waals surface area contributed by atoms with Crippen LogP contribution in [-0.4, -0.2) is 53.3 Å². The summed E-state index contributed by atoms with van der Waals surface area (Å²) in [6.45, 7) is 3.29. The Kier molecular flexibility index (Phi) is 3.52. The van der Waals surface area contributed by atoms with Gasteiger partial charge in [0.2, 0.25) is 0 Å². The number of carbonyl (C=O) groups excluding carboxylic acids is 1. The molecule has 16 heavy (non-hydrogen) atoms. The number of carbonyl (C=O) groups is 1. The Balaban J connectivity index is 2.07. The first kappa shape index (κ1) is 11.5. The first-order valence-electron chi connectivity index (χ1n) is 5.14. The molecule has 0 bridgehead atoms. The van der Waals surface area contributed by atoms with Crippen LogP contribution in [0.2, 0.25) is 0 Å². The first-order chi connectivity index (χ1) is 7.72. The van der Waals surface area contributed by atoms with Crippen LogP contribution >= 0.6 is 11.3 Å². The summed E-state index contributed by atoms with van der Waals surface area (Å²) < 4.78 is 5.30. The van der Waals surface area contributed by atoms with Crippen LogP contribution in [0.1, 0.15) is 15.4 Å². The zero-order chi connectivity index (χ0) is 11.5. The van der Waals surface area contributed by atoms with Crippen molar-refractivity contribution in [1.29, 1.82) is 0 Å². The highest BCUT2D eigenvalue weighted by Gasteiger charge is 2.26. The number of nitrogens with zero attached hydrogens (tertiary/aromatic N) is 2. The molecule has 1 aliphatic heterocycles. The Morgan fingerprint density at radius 3 is 3.25 bits per heavy atom. The van der Waals surface area contributed by atoms with Gasteiger partial charge in [-0.05, 0) is 6.92 Å². The van der Waals surface area contributed by atoms with Gasteiger partial charge in [0.15, 0.2) is 0 Å². The topological polar surface area (TPSA) is 62.7 Å². The van der Waals surface area contributed by atoms with E-state index in [2.05, 4.69) is 4.98 Å². The minimum absolute atomic E-state index is 0.0123. The second-order valence-electron chi connectivity index (χ2n) is 3.69. The van der Waals surface area contributed by atoms with Crippen molar-refractivity contribution in [3.05, 3.63) is 16.1 Å². The predicted molar refractivity (Wildman–Crippen MR) is 59.6 cm³/mol. The molecular formula is C10H14N2O3S. The molecule has 0 aromatic carbocycles. The lowest BCUT2D eigenvalue weighted by Gasteiger charge is -2.31. The van der Waals surface area contributed by atoms with E-state index in [-0.39, 0.29) is 18.6 Å². The second kappa shape index (κ2) is 4.90. The molecule has 0 aliphatic carbocycles. The van der Waals surface area contributed by atoms with E-state index in [1.807, 2.05) is 6.92 Å². The van der Waals surface area contributed by atoms with Crippen molar-refractivity contribution in [3.63, 3.8) is 0 Å². The van der Waals surface area contributed by atoms with Gasteiger partial charge < -0.3 is 14.7 Å². The molecule has 1 saturated heterocycles. The zero-order valence-corrected chi connectivity index (χ0v) is 9.87. The molecule has 1 atom stereocenters. The van der Waals surface area contributed by atoms with Crippen molar-refractivity contribution >= 4 is 17.2 Å². The van der Waals surface area contributed by atoms with E-state index >= 15 is 0 Å². The van der Waals surface area contributed by atoms with Crippen LogP contribution in [0.15, 0.2) is 5.51 Å². The number of aromatic nitrogens is 1. The van der Waals surface area contributed by atoms with E-state index in [0.717, 1.165) is 5.69 Å². The summed E-state index contributed by atoms with van der Waals surface area (Å²) >= 11 is 1.35. The summed E-state index contributed by atoms with van der Waals surface area (Å²) in [5.41, 5.74) is 2.44. The summed E-state index contributed by atoms with van der Waals surface area (Å²) in [7, 11) is 0. The zero-order valence-electron chi connectivity index (χ0n) is 9.05. The summed E-state index contributed by atoms with van der Waals surface area (Å²) in [6.07, 6.45) is -0.258. The van der Waals surface area contributed by atoms with Crippen molar-refractivity contribution in [2.45, 2.75) is 13.0 Å². The third kappa shape index (κ3) is 2.23. The van der Waals surface area contributed by atoms with Crippen LogP contribution in [0, 0.1) is 6.92 Å². The SMILES string of the molecule is Cc1ncsc1C(=O)N1CCOC(CO)C1. The number of aliphatic hydroxyl groups excluding tert-OH is 1.